The summed E-state index contributed by atoms with van der Waals surface area (Å²) in [5.74, 6) is 0. The normalized spacial score (nSPS) is 12.1. The summed E-state index contributed by atoms with van der Waals surface area (Å²) >= 11 is 0. The number of hydrogen-bond acceptors (Lipinski definition) is 1. The fraction of sp³-hybridized carbons (Fsp3) is 0.786. The van der Waals surface area contributed by atoms with Gasteiger partial charge in [0, 0.05) is 12.7 Å². The smallest absolute Gasteiger partial charge is 0.272 e. The zero-order valence-corrected chi connectivity index (χ0v) is 11.8. The molecule has 1 aromatic rings. The molecule has 0 aliphatic heterocycles. The summed E-state index contributed by atoms with van der Waals surface area (Å²) < 4.78 is 38.7. The van der Waals surface area contributed by atoms with E-state index >= 15 is 0 Å². The lowest BCUT2D eigenvalue weighted by Gasteiger charge is -2.02. The van der Waals surface area contributed by atoms with E-state index in [0.717, 1.165) is 18.9 Å². The van der Waals surface area contributed by atoms with Crippen LogP contribution in [-0.2, 0) is 19.6 Å². The summed E-state index contributed by atoms with van der Waals surface area (Å²) in [5, 5.41) is 3.51. The zero-order valence-electron chi connectivity index (χ0n) is 11.8. The molecule has 110 valence electrons. The van der Waals surface area contributed by atoms with Crippen LogP contribution in [0.2, 0.25) is 0 Å². The molecule has 1 rings (SSSR count). The lowest BCUT2D eigenvalue weighted by molar-refractivity contribution is -0.141. The molecule has 2 nitrogen and oxygen atoms in total. The predicted octanol–water partition coefficient (Wildman–Crippen LogP) is 4.73. The molecular formula is C14H23F3N2. The maximum atomic E-state index is 12.5. The number of hydrogen-bond donors (Lipinski definition) is 0. The quantitative estimate of drug-likeness (QED) is 0.627. The summed E-state index contributed by atoms with van der Waals surface area (Å²) in [4.78, 5) is 0. The average Bonchev–Trinajstić information content (AvgIpc) is 2.70. The Kier molecular flexibility index (Phi) is 6.38. The van der Waals surface area contributed by atoms with Crippen molar-refractivity contribution in [1.82, 2.24) is 9.78 Å². The standard InChI is InChI=1S/C14H23F3N2/c1-3-4-5-6-7-8-9-10-12-11-13(14(15,16)17)18-19(12)2/h11H,3-10H2,1-2H3. The van der Waals surface area contributed by atoms with Crippen molar-refractivity contribution in [2.75, 3.05) is 0 Å². The second-order valence-electron chi connectivity index (χ2n) is 5.01. The highest BCUT2D eigenvalue weighted by atomic mass is 19.4. The summed E-state index contributed by atoms with van der Waals surface area (Å²) in [5.41, 5.74) is -0.117. The van der Waals surface area contributed by atoms with Gasteiger partial charge < -0.3 is 0 Å². The van der Waals surface area contributed by atoms with Gasteiger partial charge in [0.15, 0.2) is 5.69 Å². The third kappa shape index (κ3) is 5.66. The Bertz CT molecular complexity index is 369. The number of nitrogens with zero attached hydrogens (tertiary/aromatic N) is 2. The SMILES string of the molecule is CCCCCCCCCc1cc(C(F)(F)F)nn1C. The van der Waals surface area contributed by atoms with Crippen LogP contribution in [0, 0.1) is 0 Å². The minimum Gasteiger partial charge on any atom is -0.272 e. The van der Waals surface area contributed by atoms with Gasteiger partial charge in [-0.15, -0.1) is 0 Å². The van der Waals surface area contributed by atoms with Crippen LogP contribution in [0.1, 0.15) is 63.3 Å². The molecule has 0 amide bonds. The second kappa shape index (κ2) is 7.56. The highest BCUT2D eigenvalue weighted by Gasteiger charge is 2.34. The number of unbranched alkanes of at least 4 members (excludes halogenated alkanes) is 6. The molecule has 1 aromatic heterocycles. The van der Waals surface area contributed by atoms with Crippen LogP contribution in [0.25, 0.3) is 0 Å². The van der Waals surface area contributed by atoms with Crippen molar-refractivity contribution in [2.24, 2.45) is 7.05 Å². The first-order valence-electron chi connectivity index (χ1n) is 7.05. The minimum absolute atomic E-state index is 0.667. The lowest BCUT2D eigenvalue weighted by Crippen LogP contribution is -2.06. The third-order valence-corrected chi connectivity index (χ3v) is 3.30. The van der Waals surface area contributed by atoms with E-state index in [1.807, 2.05) is 0 Å². The van der Waals surface area contributed by atoms with Crippen molar-refractivity contribution in [3.8, 4) is 0 Å². The van der Waals surface area contributed by atoms with Crippen molar-refractivity contribution >= 4 is 0 Å². The highest BCUT2D eigenvalue weighted by Crippen LogP contribution is 2.28. The molecule has 19 heavy (non-hydrogen) atoms. The predicted molar refractivity (Wildman–Crippen MR) is 69.9 cm³/mol. The van der Waals surface area contributed by atoms with Crippen molar-refractivity contribution in [3.05, 3.63) is 17.5 Å². The molecule has 0 N–H and O–H groups in total. The molecule has 5 heteroatoms. The van der Waals surface area contributed by atoms with Crippen molar-refractivity contribution in [1.29, 1.82) is 0 Å². The molecule has 0 radical (unpaired) electrons. The average molecular weight is 276 g/mol. The van der Waals surface area contributed by atoms with Crippen LogP contribution in [0.3, 0.4) is 0 Å². The van der Waals surface area contributed by atoms with E-state index in [-0.39, 0.29) is 0 Å². The molecule has 0 saturated heterocycles. The van der Waals surface area contributed by atoms with Crippen molar-refractivity contribution in [3.63, 3.8) is 0 Å². The molecule has 0 fully saturated rings. The fourth-order valence-electron chi connectivity index (χ4n) is 2.14. The fourth-order valence-corrected chi connectivity index (χ4v) is 2.14. The Morgan fingerprint density at radius 1 is 1.05 bits per heavy atom. The number of rotatable bonds is 8. The molecule has 0 saturated carbocycles. The van der Waals surface area contributed by atoms with Gasteiger partial charge in [0.1, 0.15) is 0 Å². The molecule has 0 unspecified atom stereocenters. The van der Waals surface area contributed by atoms with E-state index in [1.54, 1.807) is 7.05 Å². The van der Waals surface area contributed by atoms with Gasteiger partial charge in [-0.25, -0.2) is 0 Å². The van der Waals surface area contributed by atoms with Crippen LogP contribution in [0.15, 0.2) is 6.07 Å². The van der Waals surface area contributed by atoms with Crippen LogP contribution in [0.4, 0.5) is 13.2 Å². The van der Waals surface area contributed by atoms with Gasteiger partial charge in [0.25, 0.3) is 0 Å². The first-order valence-corrected chi connectivity index (χ1v) is 7.05. The van der Waals surface area contributed by atoms with E-state index in [9.17, 15) is 13.2 Å². The van der Waals surface area contributed by atoms with Crippen LogP contribution in [-0.4, -0.2) is 9.78 Å². The van der Waals surface area contributed by atoms with E-state index in [2.05, 4.69) is 12.0 Å². The van der Waals surface area contributed by atoms with E-state index in [1.165, 1.54) is 36.8 Å². The summed E-state index contributed by atoms with van der Waals surface area (Å²) in [7, 11) is 1.58. The first kappa shape index (κ1) is 16.1. The molecule has 0 spiro atoms. The van der Waals surface area contributed by atoms with Crippen LogP contribution in [0.5, 0.6) is 0 Å². The van der Waals surface area contributed by atoms with E-state index in [4.69, 9.17) is 0 Å². The first-order chi connectivity index (χ1) is 8.95. The lowest BCUT2D eigenvalue weighted by atomic mass is 10.1. The Hall–Kier alpha value is -1.00. The van der Waals surface area contributed by atoms with Gasteiger partial charge in [-0.05, 0) is 18.9 Å². The maximum absolute atomic E-state index is 12.5. The maximum Gasteiger partial charge on any atom is 0.435 e. The van der Waals surface area contributed by atoms with E-state index < -0.39 is 11.9 Å². The second-order valence-corrected chi connectivity index (χ2v) is 5.01. The molecular weight excluding hydrogens is 253 g/mol. The van der Waals surface area contributed by atoms with Gasteiger partial charge in [0.2, 0.25) is 0 Å². The Morgan fingerprint density at radius 3 is 2.16 bits per heavy atom. The Morgan fingerprint density at radius 2 is 1.63 bits per heavy atom. The molecule has 0 atom stereocenters. The highest BCUT2D eigenvalue weighted by molar-refractivity contribution is 5.13. The number of alkyl halides is 3. The third-order valence-electron chi connectivity index (χ3n) is 3.30. The van der Waals surface area contributed by atoms with Gasteiger partial charge in [0.05, 0.1) is 0 Å². The van der Waals surface area contributed by atoms with Crippen LogP contribution < -0.4 is 0 Å². The Balaban J connectivity index is 2.28. The molecule has 0 aliphatic carbocycles. The number of aryl methyl sites for hydroxylation is 2. The van der Waals surface area contributed by atoms with Crippen molar-refractivity contribution in [2.45, 2.75) is 64.5 Å². The largest absolute Gasteiger partial charge is 0.435 e. The summed E-state index contributed by atoms with van der Waals surface area (Å²) in [6, 6.07) is 1.16. The molecule has 0 bridgehead atoms. The van der Waals surface area contributed by atoms with Crippen LogP contribution >= 0.6 is 0 Å². The summed E-state index contributed by atoms with van der Waals surface area (Å²) in [6.45, 7) is 2.18. The zero-order chi connectivity index (χ0) is 14.3. The molecule has 1 heterocycles. The summed E-state index contributed by atoms with van der Waals surface area (Å²) in [6.07, 6.45) is 4.52. The minimum atomic E-state index is -4.34. The molecule has 0 aliphatic rings. The number of halogens is 3. The van der Waals surface area contributed by atoms with Gasteiger partial charge >= 0.3 is 6.18 Å². The monoisotopic (exact) mass is 276 g/mol. The van der Waals surface area contributed by atoms with Gasteiger partial charge in [-0.3, -0.25) is 4.68 Å². The Labute approximate surface area is 113 Å². The number of aromatic nitrogens is 2. The van der Waals surface area contributed by atoms with Gasteiger partial charge in [-0.1, -0.05) is 45.4 Å². The molecule has 0 aromatic carbocycles. The van der Waals surface area contributed by atoms with E-state index in [0.29, 0.717) is 12.1 Å². The van der Waals surface area contributed by atoms with Gasteiger partial charge in [-0.2, -0.15) is 18.3 Å². The topological polar surface area (TPSA) is 17.8 Å². The van der Waals surface area contributed by atoms with Crippen molar-refractivity contribution < 1.29 is 13.2 Å².